The van der Waals surface area contributed by atoms with Crippen LogP contribution in [0.1, 0.15) is 13.8 Å². The van der Waals surface area contributed by atoms with Crippen molar-refractivity contribution in [3.8, 4) is 0 Å². The fourth-order valence-electron chi connectivity index (χ4n) is 1.48. The first kappa shape index (κ1) is 11.5. The van der Waals surface area contributed by atoms with E-state index in [1.165, 1.54) is 26.0 Å². The van der Waals surface area contributed by atoms with E-state index in [9.17, 15) is 19.8 Å². The van der Waals surface area contributed by atoms with Crippen LogP contribution in [-0.2, 0) is 9.59 Å². The van der Waals surface area contributed by atoms with Crippen LogP contribution in [-0.4, -0.2) is 28.0 Å². The van der Waals surface area contributed by atoms with Crippen molar-refractivity contribution in [1.29, 1.82) is 0 Å². The van der Waals surface area contributed by atoms with Crippen LogP contribution in [0.4, 0.5) is 0 Å². The van der Waals surface area contributed by atoms with Gasteiger partial charge in [0.05, 0.1) is 6.10 Å². The molecule has 0 aromatic rings. The molecule has 0 heterocycles. The molecule has 5 nitrogen and oxygen atoms in total. The Morgan fingerprint density at radius 2 is 2.00 bits per heavy atom. The fraction of sp³-hybridized carbons (Fsp3) is 0.400. The quantitative estimate of drug-likeness (QED) is 0.601. The van der Waals surface area contributed by atoms with Gasteiger partial charge in [-0.3, -0.25) is 9.59 Å². The van der Waals surface area contributed by atoms with Gasteiger partial charge in [-0.25, -0.2) is 0 Å². The van der Waals surface area contributed by atoms with Gasteiger partial charge in [0.1, 0.15) is 17.5 Å². The number of carbonyl (C=O) groups excluding carboxylic acids is 2. The van der Waals surface area contributed by atoms with Crippen LogP contribution < -0.4 is 5.32 Å². The van der Waals surface area contributed by atoms with Gasteiger partial charge in [0.2, 0.25) is 5.91 Å². The Morgan fingerprint density at radius 3 is 2.40 bits per heavy atom. The lowest BCUT2D eigenvalue weighted by atomic mass is 9.91. The third-order valence-electron chi connectivity index (χ3n) is 2.07. The second kappa shape index (κ2) is 4.27. The molecule has 2 unspecified atom stereocenters. The van der Waals surface area contributed by atoms with Crippen molar-refractivity contribution in [3.05, 3.63) is 23.6 Å². The number of carbonyl (C=O) groups is 2. The fourth-order valence-corrected chi connectivity index (χ4v) is 1.48. The van der Waals surface area contributed by atoms with Crippen LogP contribution in [0.3, 0.4) is 0 Å². The summed E-state index contributed by atoms with van der Waals surface area (Å²) in [4.78, 5) is 21.8. The van der Waals surface area contributed by atoms with E-state index in [1.807, 2.05) is 0 Å². The number of hydrogen-bond donors (Lipinski definition) is 3. The average Bonchev–Trinajstić information content (AvgIpc) is 1.99. The second-order valence-electron chi connectivity index (χ2n) is 3.45. The molecule has 0 aromatic heterocycles. The minimum atomic E-state index is -1.10. The number of aliphatic hydroxyl groups excluding tert-OH is 2. The first-order valence-corrected chi connectivity index (χ1v) is 4.50. The van der Waals surface area contributed by atoms with Crippen LogP contribution in [0, 0.1) is 5.92 Å². The first-order chi connectivity index (χ1) is 6.91. The maximum Gasteiger partial charge on any atom is 0.221 e. The van der Waals surface area contributed by atoms with Crippen LogP contribution in [0.2, 0.25) is 0 Å². The topological polar surface area (TPSA) is 86.6 Å². The van der Waals surface area contributed by atoms with E-state index in [0.29, 0.717) is 5.70 Å². The summed E-state index contributed by atoms with van der Waals surface area (Å²) < 4.78 is 0. The number of Topliss-reactive ketones (excluding diaryl/α,β-unsaturated/α-hetero) is 1. The molecule has 5 heteroatoms. The van der Waals surface area contributed by atoms with Crippen molar-refractivity contribution < 1.29 is 19.8 Å². The zero-order chi connectivity index (χ0) is 11.6. The Hall–Kier alpha value is -1.62. The lowest BCUT2D eigenvalue weighted by Gasteiger charge is -2.22. The summed E-state index contributed by atoms with van der Waals surface area (Å²) in [5.74, 6) is -1.79. The number of allylic oxidation sites excluding steroid dienone is 1. The predicted molar refractivity (Wildman–Crippen MR) is 52.8 cm³/mol. The summed E-state index contributed by atoms with van der Waals surface area (Å²) in [5, 5.41) is 21.4. The number of ketones is 1. The second-order valence-corrected chi connectivity index (χ2v) is 3.45. The summed E-state index contributed by atoms with van der Waals surface area (Å²) in [7, 11) is 0. The number of nitrogens with one attached hydrogen (secondary N) is 1. The van der Waals surface area contributed by atoms with Crippen LogP contribution in [0.15, 0.2) is 23.6 Å². The molecule has 0 saturated carbocycles. The van der Waals surface area contributed by atoms with E-state index < -0.39 is 12.0 Å². The van der Waals surface area contributed by atoms with Crippen molar-refractivity contribution in [1.82, 2.24) is 5.32 Å². The van der Waals surface area contributed by atoms with Gasteiger partial charge >= 0.3 is 0 Å². The van der Waals surface area contributed by atoms with Gasteiger partial charge in [-0.1, -0.05) is 0 Å². The van der Waals surface area contributed by atoms with Crippen molar-refractivity contribution in [2.24, 2.45) is 5.92 Å². The molecule has 3 N–H and O–H groups in total. The molecule has 1 aliphatic rings. The van der Waals surface area contributed by atoms with Crippen molar-refractivity contribution >= 4 is 11.7 Å². The average molecular weight is 211 g/mol. The van der Waals surface area contributed by atoms with E-state index in [0.717, 1.165) is 0 Å². The number of aliphatic hydroxyl groups is 2. The Balaban J connectivity index is 2.89. The Labute approximate surface area is 87.1 Å². The number of hydrogen-bond acceptors (Lipinski definition) is 4. The summed E-state index contributed by atoms with van der Waals surface area (Å²) in [6.07, 6.45) is 1.49. The molecule has 0 radical (unpaired) electrons. The highest BCUT2D eigenvalue weighted by atomic mass is 16.3. The molecule has 0 fully saturated rings. The highest BCUT2D eigenvalue weighted by Crippen LogP contribution is 2.22. The third-order valence-corrected chi connectivity index (χ3v) is 2.07. The monoisotopic (exact) mass is 211 g/mol. The maximum absolute atomic E-state index is 11.1. The molecule has 1 rings (SSSR count). The molecular formula is C10H13NO4. The first-order valence-electron chi connectivity index (χ1n) is 4.50. The van der Waals surface area contributed by atoms with Crippen molar-refractivity contribution in [2.45, 2.75) is 20.0 Å². The highest BCUT2D eigenvalue weighted by molar-refractivity contribution is 5.82. The summed E-state index contributed by atoms with van der Waals surface area (Å²) in [6.45, 7) is 2.60. The number of amides is 1. The molecule has 15 heavy (non-hydrogen) atoms. The molecule has 1 aliphatic carbocycles. The third kappa shape index (κ3) is 2.66. The van der Waals surface area contributed by atoms with Gasteiger partial charge in [0, 0.05) is 12.6 Å². The molecule has 0 aliphatic heterocycles. The Morgan fingerprint density at radius 1 is 1.40 bits per heavy atom. The van der Waals surface area contributed by atoms with Crippen LogP contribution in [0.5, 0.6) is 0 Å². The van der Waals surface area contributed by atoms with E-state index in [2.05, 4.69) is 5.32 Å². The highest BCUT2D eigenvalue weighted by Gasteiger charge is 2.29. The van der Waals surface area contributed by atoms with E-state index >= 15 is 0 Å². The zero-order valence-electron chi connectivity index (χ0n) is 8.52. The number of rotatable bonds is 2. The van der Waals surface area contributed by atoms with Gasteiger partial charge in [-0.2, -0.15) is 0 Å². The Kier molecular flexibility index (Phi) is 3.26. The minimum absolute atomic E-state index is 0.235. The summed E-state index contributed by atoms with van der Waals surface area (Å²) in [5.41, 5.74) is 0.296. The van der Waals surface area contributed by atoms with Gasteiger partial charge in [-0.05, 0) is 19.1 Å². The van der Waals surface area contributed by atoms with Crippen molar-refractivity contribution in [2.75, 3.05) is 0 Å². The SMILES string of the molecule is CC(=O)NC1=CC(O)C(C(C)=O)C(O)=C1. The molecular weight excluding hydrogens is 198 g/mol. The van der Waals surface area contributed by atoms with Gasteiger partial charge in [0.25, 0.3) is 0 Å². The van der Waals surface area contributed by atoms with Gasteiger partial charge < -0.3 is 15.5 Å². The lowest BCUT2D eigenvalue weighted by molar-refractivity contribution is -0.122. The Bertz CT molecular complexity index is 356. The molecule has 0 bridgehead atoms. The van der Waals surface area contributed by atoms with Gasteiger partial charge in [0.15, 0.2) is 0 Å². The smallest absolute Gasteiger partial charge is 0.221 e. The zero-order valence-corrected chi connectivity index (χ0v) is 8.52. The standard InChI is InChI=1S/C10H13NO4/c1-5(12)10-8(14)3-7(4-9(10)15)11-6(2)13/h3-4,8,10,14-15H,1-2H3,(H,11,13). The van der Waals surface area contributed by atoms with E-state index in [-0.39, 0.29) is 17.4 Å². The minimum Gasteiger partial charge on any atom is -0.511 e. The maximum atomic E-state index is 11.1. The molecule has 1 amide bonds. The van der Waals surface area contributed by atoms with Gasteiger partial charge in [-0.15, -0.1) is 0 Å². The molecule has 2 atom stereocenters. The molecule has 82 valence electrons. The van der Waals surface area contributed by atoms with E-state index in [1.54, 1.807) is 0 Å². The predicted octanol–water partition coefficient (Wildman–Crippen LogP) is 0.0280. The van der Waals surface area contributed by atoms with Crippen LogP contribution >= 0.6 is 0 Å². The molecule has 0 spiro atoms. The van der Waals surface area contributed by atoms with Crippen LogP contribution in [0.25, 0.3) is 0 Å². The molecule has 0 aromatic carbocycles. The van der Waals surface area contributed by atoms with E-state index in [4.69, 9.17) is 0 Å². The lowest BCUT2D eigenvalue weighted by Crippen LogP contribution is -2.32. The summed E-state index contributed by atoms with van der Waals surface area (Å²) in [6, 6.07) is 0. The molecule has 0 saturated heterocycles. The largest absolute Gasteiger partial charge is 0.511 e. The van der Waals surface area contributed by atoms with Crippen molar-refractivity contribution in [3.63, 3.8) is 0 Å². The normalized spacial score (nSPS) is 25.3. The summed E-state index contributed by atoms with van der Waals surface area (Å²) >= 11 is 0.